The van der Waals surface area contributed by atoms with Crippen molar-refractivity contribution in [1.29, 1.82) is 0 Å². The summed E-state index contributed by atoms with van der Waals surface area (Å²) >= 11 is 3.03. The molecule has 112 valence electrons. The summed E-state index contributed by atoms with van der Waals surface area (Å²) in [4.78, 5) is 29.0. The van der Waals surface area contributed by atoms with Gasteiger partial charge in [-0.2, -0.15) is 0 Å². The van der Waals surface area contributed by atoms with Gasteiger partial charge in [0, 0.05) is 18.5 Å². The molecule has 0 spiro atoms. The van der Waals surface area contributed by atoms with Gasteiger partial charge in [-0.25, -0.2) is 9.78 Å². The third kappa shape index (κ3) is 4.78. The fourth-order valence-electron chi connectivity index (χ4n) is 1.76. The van der Waals surface area contributed by atoms with E-state index in [1.165, 1.54) is 24.9 Å². The van der Waals surface area contributed by atoms with Crippen LogP contribution in [0.1, 0.15) is 6.42 Å². The first-order valence-corrected chi connectivity index (χ1v) is 8.44. The standard InChI is InChI=1S/C14H16N2O3S2/c1-19-14(18)9-13-16(12(17)10-21-13)7-4-8-20-11-5-2-3-6-15-11/h2-3,5-6,9H,4,7-8,10H2,1H3/b13-9-. The molecular formula is C14H16N2O3S2. The molecule has 1 aromatic rings. The van der Waals surface area contributed by atoms with Crippen molar-refractivity contribution in [3.05, 3.63) is 35.5 Å². The number of amides is 1. The number of ether oxygens (including phenoxy) is 1. The summed E-state index contributed by atoms with van der Waals surface area (Å²) in [6.45, 7) is 0.606. The monoisotopic (exact) mass is 324 g/mol. The van der Waals surface area contributed by atoms with Crippen LogP contribution in [-0.4, -0.2) is 46.9 Å². The van der Waals surface area contributed by atoms with Gasteiger partial charge in [-0.15, -0.1) is 11.8 Å². The molecule has 0 N–H and O–H groups in total. The van der Waals surface area contributed by atoms with E-state index in [0.29, 0.717) is 17.3 Å². The summed E-state index contributed by atoms with van der Waals surface area (Å²) in [5, 5.41) is 1.65. The Kier molecular flexibility index (Phi) is 6.13. The van der Waals surface area contributed by atoms with Gasteiger partial charge in [-0.05, 0) is 18.6 Å². The smallest absolute Gasteiger partial charge is 0.333 e. The van der Waals surface area contributed by atoms with Crippen molar-refractivity contribution >= 4 is 35.4 Å². The minimum atomic E-state index is -0.430. The second-order valence-corrected chi connectivity index (χ2v) is 6.32. The summed E-state index contributed by atoms with van der Waals surface area (Å²) in [7, 11) is 1.33. The quantitative estimate of drug-likeness (QED) is 0.346. The highest BCUT2D eigenvalue weighted by Gasteiger charge is 2.26. The molecule has 0 aliphatic carbocycles. The summed E-state index contributed by atoms with van der Waals surface area (Å²) in [5.74, 6) is 0.866. The second-order valence-electron chi connectivity index (χ2n) is 4.21. The first kappa shape index (κ1) is 15.9. The molecule has 1 amide bonds. The predicted octanol–water partition coefficient (Wildman–Crippen LogP) is 2.15. The van der Waals surface area contributed by atoms with Gasteiger partial charge in [-0.1, -0.05) is 17.8 Å². The molecule has 0 saturated carbocycles. The molecule has 21 heavy (non-hydrogen) atoms. The van der Waals surface area contributed by atoms with Crippen LogP contribution < -0.4 is 0 Å². The van der Waals surface area contributed by atoms with E-state index in [9.17, 15) is 9.59 Å². The Bertz CT molecular complexity index is 534. The van der Waals surface area contributed by atoms with Gasteiger partial charge in [-0.3, -0.25) is 4.79 Å². The Morgan fingerprint density at radius 3 is 3.14 bits per heavy atom. The number of thioether (sulfide) groups is 2. The molecule has 1 fully saturated rings. The van der Waals surface area contributed by atoms with Crippen molar-refractivity contribution in [2.45, 2.75) is 11.4 Å². The van der Waals surface area contributed by atoms with Crippen molar-refractivity contribution < 1.29 is 14.3 Å². The highest BCUT2D eigenvalue weighted by Crippen LogP contribution is 2.29. The van der Waals surface area contributed by atoms with Gasteiger partial charge in [0.25, 0.3) is 0 Å². The molecular weight excluding hydrogens is 308 g/mol. The fraction of sp³-hybridized carbons (Fsp3) is 0.357. The van der Waals surface area contributed by atoms with E-state index in [1.807, 2.05) is 18.2 Å². The zero-order valence-electron chi connectivity index (χ0n) is 11.7. The molecule has 0 bridgehead atoms. The molecule has 0 aromatic carbocycles. The largest absolute Gasteiger partial charge is 0.466 e. The molecule has 0 unspecified atom stereocenters. The zero-order chi connectivity index (χ0) is 15.1. The summed E-state index contributed by atoms with van der Waals surface area (Å²) in [6, 6.07) is 5.80. The number of esters is 1. The van der Waals surface area contributed by atoms with Crippen molar-refractivity contribution in [3.63, 3.8) is 0 Å². The number of hydrogen-bond donors (Lipinski definition) is 0. The van der Waals surface area contributed by atoms with Crippen LogP contribution in [0.4, 0.5) is 0 Å². The summed E-state index contributed by atoms with van der Waals surface area (Å²) in [5.41, 5.74) is 0. The van der Waals surface area contributed by atoms with Crippen LogP contribution in [0.5, 0.6) is 0 Å². The van der Waals surface area contributed by atoms with E-state index in [2.05, 4.69) is 9.72 Å². The molecule has 0 radical (unpaired) electrons. The Morgan fingerprint density at radius 2 is 2.43 bits per heavy atom. The Balaban J connectivity index is 1.82. The van der Waals surface area contributed by atoms with Crippen molar-refractivity contribution in [2.24, 2.45) is 0 Å². The van der Waals surface area contributed by atoms with E-state index in [-0.39, 0.29) is 5.91 Å². The number of pyridine rings is 1. The van der Waals surface area contributed by atoms with Crippen LogP contribution >= 0.6 is 23.5 Å². The Morgan fingerprint density at radius 1 is 1.57 bits per heavy atom. The van der Waals surface area contributed by atoms with Crippen LogP contribution in [0.3, 0.4) is 0 Å². The second kappa shape index (κ2) is 8.09. The lowest BCUT2D eigenvalue weighted by Gasteiger charge is -2.16. The van der Waals surface area contributed by atoms with Crippen LogP contribution in [-0.2, 0) is 14.3 Å². The molecule has 1 aromatic heterocycles. The maximum absolute atomic E-state index is 11.8. The number of hydrogen-bond acceptors (Lipinski definition) is 6. The lowest BCUT2D eigenvalue weighted by molar-refractivity contribution is -0.134. The van der Waals surface area contributed by atoms with Crippen LogP contribution in [0.25, 0.3) is 0 Å². The molecule has 2 rings (SSSR count). The Labute approximate surface area is 132 Å². The van der Waals surface area contributed by atoms with Crippen molar-refractivity contribution in [2.75, 3.05) is 25.2 Å². The summed E-state index contributed by atoms with van der Waals surface area (Å²) in [6.07, 6.45) is 3.98. The lowest BCUT2D eigenvalue weighted by Crippen LogP contribution is -2.26. The van der Waals surface area contributed by atoms with E-state index < -0.39 is 5.97 Å². The van der Waals surface area contributed by atoms with Gasteiger partial charge in [0.2, 0.25) is 5.91 Å². The van der Waals surface area contributed by atoms with Crippen molar-refractivity contribution in [3.8, 4) is 0 Å². The molecule has 2 heterocycles. The molecule has 5 nitrogen and oxygen atoms in total. The van der Waals surface area contributed by atoms with E-state index in [1.54, 1.807) is 22.9 Å². The van der Waals surface area contributed by atoms with Crippen LogP contribution in [0, 0.1) is 0 Å². The highest BCUT2D eigenvalue weighted by molar-refractivity contribution is 8.04. The summed E-state index contributed by atoms with van der Waals surface area (Å²) < 4.78 is 4.60. The number of nitrogens with zero attached hydrogens (tertiary/aromatic N) is 2. The topological polar surface area (TPSA) is 59.5 Å². The minimum Gasteiger partial charge on any atom is -0.466 e. The maximum Gasteiger partial charge on any atom is 0.333 e. The van der Waals surface area contributed by atoms with E-state index in [4.69, 9.17) is 0 Å². The van der Waals surface area contributed by atoms with Gasteiger partial charge in [0.1, 0.15) is 0 Å². The highest BCUT2D eigenvalue weighted by atomic mass is 32.2. The zero-order valence-corrected chi connectivity index (χ0v) is 13.3. The lowest BCUT2D eigenvalue weighted by atomic mass is 10.4. The SMILES string of the molecule is COC(=O)/C=C1\SCC(=O)N1CCCSc1ccccn1. The van der Waals surface area contributed by atoms with Gasteiger partial charge >= 0.3 is 5.97 Å². The molecule has 7 heteroatoms. The number of carbonyl (C=O) groups is 2. The molecule has 1 aliphatic rings. The molecule has 0 atom stereocenters. The van der Waals surface area contributed by atoms with Gasteiger partial charge < -0.3 is 9.64 Å². The average Bonchev–Trinajstić information content (AvgIpc) is 2.85. The van der Waals surface area contributed by atoms with Crippen LogP contribution in [0.2, 0.25) is 0 Å². The predicted molar refractivity (Wildman–Crippen MR) is 83.8 cm³/mol. The molecule has 1 saturated heterocycles. The molecule has 1 aliphatic heterocycles. The third-order valence-electron chi connectivity index (χ3n) is 2.77. The normalized spacial score (nSPS) is 16.5. The van der Waals surface area contributed by atoms with E-state index >= 15 is 0 Å². The average molecular weight is 324 g/mol. The number of carbonyl (C=O) groups excluding carboxylic acids is 2. The number of methoxy groups -OCH3 is 1. The van der Waals surface area contributed by atoms with Crippen molar-refractivity contribution in [1.82, 2.24) is 9.88 Å². The number of rotatable bonds is 6. The fourth-order valence-corrected chi connectivity index (χ4v) is 3.51. The van der Waals surface area contributed by atoms with Crippen LogP contribution in [0.15, 0.2) is 40.5 Å². The third-order valence-corrected chi connectivity index (χ3v) is 4.82. The number of aromatic nitrogens is 1. The maximum atomic E-state index is 11.8. The van der Waals surface area contributed by atoms with Gasteiger partial charge in [0.05, 0.1) is 29.0 Å². The van der Waals surface area contributed by atoms with E-state index in [0.717, 1.165) is 17.2 Å². The van der Waals surface area contributed by atoms with Gasteiger partial charge in [0.15, 0.2) is 0 Å². The first-order chi connectivity index (χ1) is 10.2. The minimum absolute atomic E-state index is 0.0398. The Hall–Kier alpha value is -1.47. The first-order valence-electron chi connectivity index (χ1n) is 6.47.